The van der Waals surface area contributed by atoms with Gasteiger partial charge < -0.3 is 5.11 Å². The Morgan fingerprint density at radius 3 is 2.71 bits per heavy atom. The molecule has 0 saturated heterocycles. The fourth-order valence-corrected chi connectivity index (χ4v) is 2.08. The predicted octanol–water partition coefficient (Wildman–Crippen LogP) is 1.99. The molecule has 6 nitrogen and oxygen atoms in total. The molecule has 0 aliphatic heterocycles. The van der Waals surface area contributed by atoms with E-state index in [-0.39, 0.29) is 6.54 Å². The molecule has 0 unspecified atom stereocenters. The normalized spacial score (nSPS) is 11.6. The van der Waals surface area contributed by atoms with Crippen molar-refractivity contribution in [2.24, 2.45) is 5.41 Å². The number of aryl methyl sites for hydroxylation is 2. The van der Waals surface area contributed by atoms with Crippen LogP contribution >= 0.6 is 0 Å². The van der Waals surface area contributed by atoms with Crippen molar-refractivity contribution < 1.29 is 9.90 Å². The van der Waals surface area contributed by atoms with Gasteiger partial charge in [0.05, 0.1) is 12.0 Å². The lowest BCUT2D eigenvalue weighted by Gasteiger charge is -2.19. The van der Waals surface area contributed by atoms with E-state index in [0.717, 1.165) is 5.56 Å². The van der Waals surface area contributed by atoms with E-state index in [4.69, 9.17) is 0 Å². The number of rotatable bonds is 5. The van der Waals surface area contributed by atoms with Gasteiger partial charge in [-0.05, 0) is 49.2 Å². The summed E-state index contributed by atoms with van der Waals surface area (Å²) in [7, 11) is 0. The standard InChI is InChI=1S/C15H20N4O2/c1-10-5-6-11(2)12(7-10)8-13-16-17-18-19(13)9-15(3,4)14(20)21/h5-7H,8-9H2,1-4H3,(H,20,21). The van der Waals surface area contributed by atoms with Crippen molar-refractivity contribution in [2.75, 3.05) is 0 Å². The van der Waals surface area contributed by atoms with Crippen LogP contribution in [0.3, 0.4) is 0 Å². The quantitative estimate of drug-likeness (QED) is 0.910. The van der Waals surface area contributed by atoms with Crippen LogP contribution in [0.2, 0.25) is 0 Å². The highest BCUT2D eigenvalue weighted by atomic mass is 16.4. The maximum Gasteiger partial charge on any atom is 0.310 e. The lowest BCUT2D eigenvalue weighted by atomic mass is 9.94. The summed E-state index contributed by atoms with van der Waals surface area (Å²) in [5.41, 5.74) is 2.60. The number of hydrogen-bond donors (Lipinski definition) is 1. The SMILES string of the molecule is Cc1ccc(C)c(Cc2nnnn2CC(C)(C)C(=O)O)c1. The van der Waals surface area contributed by atoms with Crippen molar-refractivity contribution >= 4 is 5.97 Å². The Hall–Kier alpha value is -2.24. The zero-order valence-corrected chi connectivity index (χ0v) is 12.8. The van der Waals surface area contributed by atoms with Crippen LogP contribution < -0.4 is 0 Å². The van der Waals surface area contributed by atoms with Crippen LogP contribution in [0.4, 0.5) is 0 Å². The van der Waals surface area contributed by atoms with Gasteiger partial charge in [-0.3, -0.25) is 4.79 Å². The molecule has 112 valence electrons. The minimum Gasteiger partial charge on any atom is -0.481 e. The average Bonchev–Trinajstić information content (AvgIpc) is 2.80. The van der Waals surface area contributed by atoms with Crippen molar-refractivity contribution in [1.29, 1.82) is 0 Å². The van der Waals surface area contributed by atoms with Crippen molar-refractivity contribution in [1.82, 2.24) is 20.2 Å². The van der Waals surface area contributed by atoms with Crippen molar-refractivity contribution in [3.05, 3.63) is 40.7 Å². The molecule has 1 N–H and O–H groups in total. The summed E-state index contributed by atoms with van der Waals surface area (Å²) >= 11 is 0. The molecule has 2 rings (SSSR count). The van der Waals surface area contributed by atoms with Gasteiger partial charge in [0.25, 0.3) is 0 Å². The van der Waals surface area contributed by atoms with E-state index in [1.165, 1.54) is 11.1 Å². The summed E-state index contributed by atoms with van der Waals surface area (Å²) in [6.45, 7) is 7.66. The van der Waals surface area contributed by atoms with Gasteiger partial charge in [-0.25, -0.2) is 4.68 Å². The maximum atomic E-state index is 11.2. The first-order chi connectivity index (χ1) is 9.79. The van der Waals surface area contributed by atoms with Gasteiger partial charge in [0.2, 0.25) is 0 Å². The Bertz CT molecular complexity index is 661. The average molecular weight is 288 g/mol. The number of tetrazole rings is 1. The first kappa shape index (κ1) is 15.2. The summed E-state index contributed by atoms with van der Waals surface area (Å²) in [6, 6.07) is 6.24. The van der Waals surface area contributed by atoms with E-state index in [1.54, 1.807) is 18.5 Å². The summed E-state index contributed by atoms with van der Waals surface area (Å²) < 4.78 is 1.58. The van der Waals surface area contributed by atoms with E-state index >= 15 is 0 Å². The Kier molecular flexibility index (Phi) is 4.06. The molecule has 0 aliphatic rings. The number of carbonyl (C=O) groups is 1. The van der Waals surface area contributed by atoms with Crippen LogP contribution in [0, 0.1) is 19.3 Å². The van der Waals surface area contributed by atoms with E-state index < -0.39 is 11.4 Å². The predicted molar refractivity (Wildman–Crippen MR) is 78.0 cm³/mol. The summed E-state index contributed by atoms with van der Waals surface area (Å²) in [4.78, 5) is 11.2. The van der Waals surface area contributed by atoms with Gasteiger partial charge in [-0.1, -0.05) is 23.8 Å². The van der Waals surface area contributed by atoms with Gasteiger partial charge in [-0.2, -0.15) is 0 Å². The molecule has 0 spiro atoms. The lowest BCUT2D eigenvalue weighted by Crippen LogP contribution is -2.30. The van der Waals surface area contributed by atoms with E-state index in [9.17, 15) is 9.90 Å². The Morgan fingerprint density at radius 2 is 2.05 bits per heavy atom. The van der Waals surface area contributed by atoms with Crippen LogP contribution in [-0.4, -0.2) is 31.3 Å². The first-order valence-corrected chi connectivity index (χ1v) is 6.84. The third kappa shape index (κ3) is 3.45. The number of hydrogen-bond acceptors (Lipinski definition) is 4. The number of nitrogens with zero attached hydrogens (tertiary/aromatic N) is 4. The number of aromatic nitrogens is 4. The second-order valence-electron chi connectivity index (χ2n) is 6.05. The molecule has 6 heteroatoms. The second-order valence-corrected chi connectivity index (χ2v) is 6.05. The molecule has 2 aromatic rings. The minimum atomic E-state index is -0.911. The number of carboxylic acids is 1. The Balaban J connectivity index is 2.25. The molecule has 0 bridgehead atoms. The highest BCUT2D eigenvalue weighted by Gasteiger charge is 2.29. The van der Waals surface area contributed by atoms with Crippen molar-refractivity contribution in [3.63, 3.8) is 0 Å². The monoisotopic (exact) mass is 288 g/mol. The lowest BCUT2D eigenvalue weighted by molar-refractivity contribution is -0.147. The Labute approximate surface area is 123 Å². The Morgan fingerprint density at radius 1 is 1.33 bits per heavy atom. The molecular weight excluding hydrogens is 268 g/mol. The fourth-order valence-electron chi connectivity index (χ4n) is 2.08. The van der Waals surface area contributed by atoms with Gasteiger partial charge in [0.15, 0.2) is 5.82 Å². The van der Waals surface area contributed by atoms with Crippen LogP contribution in [0.5, 0.6) is 0 Å². The number of carboxylic acid groups (broad SMARTS) is 1. The van der Waals surface area contributed by atoms with Crippen LogP contribution in [0.15, 0.2) is 18.2 Å². The van der Waals surface area contributed by atoms with Crippen LogP contribution in [0.25, 0.3) is 0 Å². The zero-order chi connectivity index (χ0) is 15.6. The molecule has 0 radical (unpaired) electrons. The number of aliphatic carboxylic acids is 1. The summed E-state index contributed by atoms with van der Waals surface area (Å²) in [5, 5.41) is 20.9. The molecule has 0 aliphatic carbocycles. The second kappa shape index (κ2) is 5.63. The van der Waals surface area contributed by atoms with Crippen LogP contribution in [0.1, 0.15) is 36.4 Å². The maximum absolute atomic E-state index is 11.2. The molecule has 0 saturated carbocycles. The molecule has 1 heterocycles. The topological polar surface area (TPSA) is 80.9 Å². The highest BCUT2D eigenvalue weighted by Crippen LogP contribution is 2.20. The molecule has 21 heavy (non-hydrogen) atoms. The molecular formula is C15H20N4O2. The third-order valence-corrected chi connectivity index (χ3v) is 3.58. The fraction of sp³-hybridized carbons (Fsp3) is 0.467. The van der Waals surface area contributed by atoms with Gasteiger partial charge in [0.1, 0.15) is 0 Å². The minimum absolute atomic E-state index is 0.246. The van der Waals surface area contributed by atoms with E-state index in [0.29, 0.717) is 12.2 Å². The molecule has 1 aromatic heterocycles. The van der Waals surface area contributed by atoms with Gasteiger partial charge >= 0.3 is 5.97 Å². The smallest absolute Gasteiger partial charge is 0.310 e. The molecule has 0 atom stereocenters. The zero-order valence-electron chi connectivity index (χ0n) is 12.8. The molecule has 0 amide bonds. The van der Waals surface area contributed by atoms with E-state index in [2.05, 4.69) is 33.7 Å². The van der Waals surface area contributed by atoms with E-state index in [1.807, 2.05) is 13.8 Å². The third-order valence-electron chi connectivity index (χ3n) is 3.58. The van der Waals surface area contributed by atoms with Crippen LogP contribution in [-0.2, 0) is 17.8 Å². The summed E-state index contributed by atoms with van der Waals surface area (Å²) in [5.74, 6) is -0.186. The van der Waals surface area contributed by atoms with Crippen molar-refractivity contribution in [3.8, 4) is 0 Å². The first-order valence-electron chi connectivity index (χ1n) is 6.84. The highest BCUT2D eigenvalue weighted by molar-refractivity contribution is 5.73. The van der Waals surface area contributed by atoms with Gasteiger partial charge in [0, 0.05) is 6.42 Å². The number of benzene rings is 1. The van der Waals surface area contributed by atoms with Crippen molar-refractivity contribution in [2.45, 2.75) is 40.7 Å². The summed E-state index contributed by atoms with van der Waals surface area (Å²) in [6.07, 6.45) is 0.593. The molecule has 0 fully saturated rings. The van der Waals surface area contributed by atoms with Gasteiger partial charge in [-0.15, -0.1) is 5.10 Å². The largest absolute Gasteiger partial charge is 0.481 e. The molecule has 1 aromatic carbocycles.